The summed E-state index contributed by atoms with van der Waals surface area (Å²) < 4.78 is 16.5. The van der Waals surface area contributed by atoms with E-state index in [4.69, 9.17) is 14.2 Å². The van der Waals surface area contributed by atoms with Gasteiger partial charge in [0.15, 0.2) is 0 Å². The van der Waals surface area contributed by atoms with Crippen LogP contribution in [0.4, 0.5) is 5.69 Å². The lowest BCUT2D eigenvalue weighted by molar-refractivity contribution is -0.384. The molecule has 2 aromatic carbocycles. The summed E-state index contributed by atoms with van der Waals surface area (Å²) in [5.74, 6) is -2.40. The molecule has 0 saturated carbocycles. The highest BCUT2D eigenvalue weighted by Gasteiger charge is 2.43. The van der Waals surface area contributed by atoms with Crippen molar-refractivity contribution in [3.63, 3.8) is 0 Å². The lowest BCUT2D eigenvalue weighted by Gasteiger charge is -2.32. The van der Waals surface area contributed by atoms with Crippen LogP contribution in [-0.4, -0.2) is 41.9 Å². The lowest BCUT2D eigenvalue weighted by Crippen LogP contribution is -2.37. The van der Waals surface area contributed by atoms with Crippen molar-refractivity contribution in [1.29, 1.82) is 0 Å². The van der Waals surface area contributed by atoms with Crippen LogP contribution in [0.5, 0.6) is 5.75 Å². The number of esters is 2. The molecule has 35 heavy (non-hydrogen) atoms. The number of benzene rings is 2. The number of nitrogens with zero attached hydrogens (tertiary/aromatic N) is 2. The predicted molar refractivity (Wildman–Crippen MR) is 129 cm³/mol. The highest BCUT2D eigenvalue weighted by Crippen LogP contribution is 2.41. The van der Waals surface area contributed by atoms with E-state index >= 15 is 0 Å². The molecule has 0 N–H and O–H groups in total. The number of para-hydroxylation sites is 1. The predicted octanol–water partition coefficient (Wildman–Crippen LogP) is 4.62. The normalized spacial score (nSPS) is 17.6. The second kappa shape index (κ2) is 11.4. The van der Waals surface area contributed by atoms with Gasteiger partial charge in [-0.3, -0.25) is 19.9 Å². The van der Waals surface area contributed by atoms with E-state index < -0.39 is 34.8 Å². The van der Waals surface area contributed by atoms with E-state index in [1.807, 2.05) is 18.2 Å². The summed E-state index contributed by atoms with van der Waals surface area (Å²) in [7, 11) is 0. The number of carbonyl (C=O) groups is 2. The molecular weight excluding hydrogens is 452 g/mol. The molecule has 2 unspecified atom stereocenters. The van der Waals surface area contributed by atoms with Gasteiger partial charge in [-0.05, 0) is 45.4 Å². The molecule has 0 aromatic heterocycles. The van der Waals surface area contributed by atoms with Gasteiger partial charge in [-0.2, -0.15) is 0 Å². The van der Waals surface area contributed by atoms with Crippen molar-refractivity contribution in [2.24, 2.45) is 10.9 Å². The van der Waals surface area contributed by atoms with Gasteiger partial charge in [-0.1, -0.05) is 30.3 Å². The zero-order chi connectivity index (χ0) is 25.5. The number of carbonyl (C=O) groups excluding carboxylic acids is 2. The molecule has 0 amide bonds. The average Bonchev–Trinajstić information content (AvgIpc) is 2.81. The first-order valence-electron chi connectivity index (χ1n) is 11.2. The van der Waals surface area contributed by atoms with Crippen molar-refractivity contribution < 1.29 is 28.7 Å². The van der Waals surface area contributed by atoms with Gasteiger partial charge in [-0.15, -0.1) is 0 Å². The smallest absolute Gasteiger partial charge is 0.336 e. The van der Waals surface area contributed by atoms with E-state index in [1.54, 1.807) is 45.9 Å². The van der Waals surface area contributed by atoms with Gasteiger partial charge in [0.1, 0.15) is 24.9 Å². The average molecular weight is 481 g/mol. The molecule has 2 atom stereocenters. The van der Waals surface area contributed by atoms with Crippen molar-refractivity contribution in [2.75, 3.05) is 13.2 Å². The molecule has 0 saturated heterocycles. The third kappa shape index (κ3) is 6.32. The van der Waals surface area contributed by atoms with Crippen LogP contribution in [0.25, 0.3) is 0 Å². The molecular formula is C26H28N2O7. The van der Waals surface area contributed by atoms with E-state index in [-0.39, 0.29) is 24.5 Å². The molecule has 184 valence electrons. The third-order valence-corrected chi connectivity index (χ3v) is 5.42. The largest absolute Gasteiger partial charge is 0.490 e. The van der Waals surface area contributed by atoms with Crippen molar-refractivity contribution in [3.8, 4) is 5.75 Å². The van der Waals surface area contributed by atoms with Crippen LogP contribution in [0.2, 0.25) is 0 Å². The summed E-state index contributed by atoms with van der Waals surface area (Å²) in [5, 5.41) is 11.4. The van der Waals surface area contributed by atoms with E-state index in [1.165, 1.54) is 18.2 Å². The molecule has 3 rings (SSSR count). The van der Waals surface area contributed by atoms with E-state index in [0.717, 1.165) is 0 Å². The standard InChI is InChI=1S/C26H28N2O7/c1-16(2)35-26(30)23-18(4)27-17(3)22(24(23)19-9-8-10-20(15-19)28(31)32)25(29)34-14-13-33-21-11-6-5-7-12-21/h5-12,15-16,23-24H,13-14H2,1-4H3. The quantitative estimate of drug-likeness (QED) is 0.222. The van der Waals surface area contributed by atoms with Crippen LogP contribution in [0.15, 0.2) is 70.9 Å². The summed E-state index contributed by atoms with van der Waals surface area (Å²) in [4.78, 5) is 41.6. The number of ether oxygens (including phenoxy) is 3. The zero-order valence-corrected chi connectivity index (χ0v) is 20.1. The Labute approximate surface area is 203 Å². The van der Waals surface area contributed by atoms with Gasteiger partial charge in [0, 0.05) is 29.5 Å². The maximum atomic E-state index is 13.2. The van der Waals surface area contributed by atoms with Crippen molar-refractivity contribution in [1.82, 2.24) is 0 Å². The molecule has 1 aliphatic heterocycles. The first-order chi connectivity index (χ1) is 16.7. The number of non-ortho nitro benzene ring substituents is 1. The first-order valence-corrected chi connectivity index (χ1v) is 11.2. The fourth-order valence-corrected chi connectivity index (χ4v) is 3.99. The second-order valence-corrected chi connectivity index (χ2v) is 8.34. The Kier molecular flexibility index (Phi) is 8.35. The minimum absolute atomic E-state index is 0.0318. The number of aliphatic imine (C=N–C) groups is 1. The molecule has 9 nitrogen and oxygen atoms in total. The molecule has 2 aromatic rings. The molecule has 1 heterocycles. The van der Waals surface area contributed by atoms with Crippen molar-refractivity contribution >= 4 is 23.3 Å². The molecule has 0 radical (unpaired) electrons. The van der Waals surface area contributed by atoms with Crippen LogP contribution in [-0.2, 0) is 19.1 Å². The van der Waals surface area contributed by atoms with Gasteiger partial charge >= 0.3 is 11.9 Å². The topological polar surface area (TPSA) is 117 Å². The SMILES string of the molecule is CC1=NC(C)=C(C(=O)OCCOc2ccccc2)C(c2cccc([N+](=O)[O-])c2)C1C(=O)OC(C)C. The van der Waals surface area contributed by atoms with Crippen LogP contribution < -0.4 is 4.74 Å². The fraction of sp³-hybridized carbons (Fsp3) is 0.346. The Morgan fingerprint density at radius 2 is 1.77 bits per heavy atom. The second-order valence-electron chi connectivity index (χ2n) is 8.34. The zero-order valence-electron chi connectivity index (χ0n) is 20.1. The number of hydrogen-bond acceptors (Lipinski definition) is 8. The summed E-state index contributed by atoms with van der Waals surface area (Å²) in [6.07, 6.45) is -0.390. The maximum Gasteiger partial charge on any atom is 0.336 e. The summed E-state index contributed by atoms with van der Waals surface area (Å²) in [6, 6.07) is 15.0. The van der Waals surface area contributed by atoms with Crippen molar-refractivity contribution in [2.45, 2.75) is 39.7 Å². The molecule has 0 bridgehead atoms. The van der Waals surface area contributed by atoms with E-state index in [0.29, 0.717) is 22.7 Å². The summed E-state index contributed by atoms with van der Waals surface area (Å²) in [6.45, 7) is 6.86. The van der Waals surface area contributed by atoms with E-state index in [2.05, 4.69) is 4.99 Å². The van der Waals surface area contributed by atoms with Crippen LogP contribution in [0.3, 0.4) is 0 Å². The fourth-order valence-electron chi connectivity index (χ4n) is 3.99. The highest BCUT2D eigenvalue weighted by molar-refractivity contribution is 6.07. The van der Waals surface area contributed by atoms with Gasteiger partial charge in [-0.25, -0.2) is 4.79 Å². The minimum Gasteiger partial charge on any atom is -0.490 e. The summed E-state index contributed by atoms with van der Waals surface area (Å²) in [5.41, 5.74) is 1.25. The molecule has 9 heteroatoms. The molecule has 0 aliphatic carbocycles. The Bertz CT molecular complexity index is 1160. The summed E-state index contributed by atoms with van der Waals surface area (Å²) >= 11 is 0. The Balaban J connectivity index is 1.91. The van der Waals surface area contributed by atoms with Gasteiger partial charge in [0.05, 0.1) is 16.6 Å². The van der Waals surface area contributed by atoms with Crippen LogP contribution >= 0.6 is 0 Å². The van der Waals surface area contributed by atoms with Gasteiger partial charge in [0.25, 0.3) is 5.69 Å². The monoisotopic (exact) mass is 480 g/mol. The lowest BCUT2D eigenvalue weighted by atomic mass is 9.75. The molecule has 1 aliphatic rings. The van der Waals surface area contributed by atoms with Crippen LogP contribution in [0.1, 0.15) is 39.2 Å². The number of rotatable bonds is 9. The van der Waals surface area contributed by atoms with Crippen LogP contribution in [0, 0.1) is 16.0 Å². The Morgan fingerprint density at radius 3 is 2.43 bits per heavy atom. The minimum atomic E-state index is -0.939. The number of hydrogen-bond donors (Lipinski definition) is 0. The Hall–Kier alpha value is -4.01. The Morgan fingerprint density at radius 1 is 1.06 bits per heavy atom. The van der Waals surface area contributed by atoms with E-state index in [9.17, 15) is 19.7 Å². The number of allylic oxidation sites excluding steroid dienone is 1. The maximum absolute atomic E-state index is 13.2. The van der Waals surface area contributed by atoms with Gasteiger partial charge < -0.3 is 14.2 Å². The molecule has 0 spiro atoms. The highest BCUT2D eigenvalue weighted by atomic mass is 16.6. The number of nitro groups is 1. The number of nitro benzene ring substituents is 1. The third-order valence-electron chi connectivity index (χ3n) is 5.42. The van der Waals surface area contributed by atoms with Crippen molar-refractivity contribution in [3.05, 3.63) is 81.5 Å². The first kappa shape index (κ1) is 25.6. The van der Waals surface area contributed by atoms with Gasteiger partial charge in [0.2, 0.25) is 0 Å². The molecule has 0 fully saturated rings.